The number of carbonyl (C=O) groups is 3. The Balaban J connectivity index is 2.05. The van der Waals surface area contributed by atoms with Gasteiger partial charge in [0.05, 0.1) is 33.8 Å². The van der Waals surface area contributed by atoms with Gasteiger partial charge in [-0.05, 0) is 31.5 Å². The number of rotatable bonds is 7. The van der Waals surface area contributed by atoms with Gasteiger partial charge in [0, 0.05) is 20.6 Å². The summed E-state index contributed by atoms with van der Waals surface area (Å²) in [5.74, 6) is -1.75. The fourth-order valence-corrected chi connectivity index (χ4v) is 4.27. The fourth-order valence-electron chi connectivity index (χ4n) is 3.40. The van der Waals surface area contributed by atoms with Crippen molar-refractivity contribution in [1.82, 2.24) is 9.88 Å². The number of aliphatic hydroxyl groups excluding tert-OH is 1. The molecular formula is C21H22N2O6S. The van der Waals surface area contributed by atoms with Gasteiger partial charge in [0.25, 0.3) is 5.91 Å². The van der Waals surface area contributed by atoms with E-state index in [1.165, 1.54) is 30.3 Å². The van der Waals surface area contributed by atoms with Gasteiger partial charge in [-0.1, -0.05) is 12.1 Å². The van der Waals surface area contributed by atoms with Crippen molar-refractivity contribution in [2.45, 2.75) is 26.8 Å². The number of nitrogens with zero attached hydrogens (tertiary/aromatic N) is 2. The molecular weight excluding hydrogens is 408 g/mol. The van der Waals surface area contributed by atoms with Gasteiger partial charge in [0.2, 0.25) is 5.78 Å². The lowest BCUT2D eigenvalue weighted by atomic mass is 9.95. The van der Waals surface area contributed by atoms with E-state index in [2.05, 4.69) is 4.98 Å². The van der Waals surface area contributed by atoms with Crippen LogP contribution in [0.4, 0.5) is 0 Å². The number of ketones is 1. The summed E-state index contributed by atoms with van der Waals surface area (Å²) in [6.45, 7) is 5.23. The number of hydrogen-bond acceptors (Lipinski definition) is 8. The molecule has 0 radical (unpaired) electrons. The molecule has 0 spiro atoms. The first-order valence-electron chi connectivity index (χ1n) is 9.24. The van der Waals surface area contributed by atoms with Crippen molar-refractivity contribution >= 4 is 29.0 Å². The third-order valence-corrected chi connectivity index (χ3v) is 5.72. The third kappa shape index (κ3) is 4.12. The van der Waals surface area contributed by atoms with Gasteiger partial charge in [0.1, 0.15) is 5.75 Å². The van der Waals surface area contributed by atoms with E-state index in [4.69, 9.17) is 9.47 Å². The Hall–Kier alpha value is -3.04. The average Bonchev–Trinajstić information content (AvgIpc) is 3.16. The number of aliphatic hydroxyl groups is 1. The van der Waals surface area contributed by atoms with Gasteiger partial charge in [0.15, 0.2) is 5.76 Å². The fraction of sp³-hybridized carbons (Fsp3) is 0.333. The number of benzene rings is 1. The number of methoxy groups -OCH3 is 1. The molecule has 1 aromatic carbocycles. The lowest BCUT2D eigenvalue weighted by Crippen LogP contribution is -2.34. The summed E-state index contributed by atoms with van der Waals surface area (Å²) in [4.78, 5) is 43.3. The van der Waals surface area contributed by atoms with Gasteiger partial charge in [-0.25, -0.2) is 4.98 Å². The van der Waals surface area contributed by atoms with Crippen molar-refractivity contribution in [3.8, 4) is 5.75 Å². The molecule has 0 saturated heterocycles. The first-order valence-corrected chi connectivity index (χ1v) is 10.1. The van der Waals surface area contributed by atoms with Gasteiger partial charge in [-0.2, -0.15) is 0 Å². The van der Waals surface area contributed by atoms with Crippen LogP contribution >= 0.6 is 11.3 Å². The summed E-state index contributed by atoms with van der Waals surface area (Å²) in [5, 5.41) is 11.3. The molecule has 2 aromatic rings. The summed E-state index contributed by atoms with van der Waals surface area (Å²) in [5.41, 5.74) is 1.15. The molecule has 3 rings (SSSR count). The molecule has 2 heterocycles. The van der Waals surface area contributed by atoms with Crippen LogP contribution in [-0.4, -0.2) is 52.9 Å². The van der Waals surface area contributed by atoms with Crippen molar-refractivity contribution in [2.24, 2.45) is 0 Å². The van der Waals surface area contributed by atoms with Crippen LogP contribution in [0.5, 0.6) is 5.75 Å². The first kappa shape index (κ1) is 21.7. The molecule has 1 atom stereocenters. The molecule has 30 heavy (non-hydrogen) atoms. The van der Waals surface area contributed by atoms with Crippen molar-refractivity contribution < 1.29 is 29.0 Å². The summed E-state index contributed by atoms with van der Waals surface area (Å²) in [7, 11) is 1.51. The Bertz CT molecular complexity index is 1020. The maximum absolute atomic E-state index is 13.3. The maximum atomic E-state index is 13.3. The van der Waals surface area contributed by atoms with Crippen molar-refractivity contribution in [3.63, 3.8) is 0 Å². The zero-order chi connectivity index (χ0) is 22.0. The second-order valence-electron chi connectivity index (χ2n) is 6.80. The van der Waals surface area contributed by atoms with E-state index in [0.717, 1.165) is 5.01 Å². The number of aromatic nitrogens is 1. The number of aryl methyl sites for hydroxylation is 2. The summed E-state index contributed by atoms with van der Waals surface area (Å²) < 4.78 is 10.1. The highest BCUT2D eigenvalue weighted by molar-refractivity contribution is 7.14. The molecule has 1 aromatic heterocycles. The van der Waals surface area contributed by atoms with Gasteiger partial charge >= 0.3 is 5.97 Å². The van der Waals surface area contributed by atoms with E-state index in [1.54, 1.807) is 38.1 Å². The van der Waals surface area contributed by atoms with Crippen LogP contribution in [0.15, 0.2) is 35.6 Å². The van der Waals surface area contributed by atoms with E-state index in [0.29, 0.717) is 21.9 Å². The SMILES string of the molecule is COCCN1C(=O)C(O)=C(C(=O)c2sc(C)nc2C)C1c1ccc(OC(C)=O)cc1. The van der Waals surface area contributed by atoms with E-state index in [-0.39, 0.29) is 18.7 Å². The first-order chi connectivity index (χ1) is 14.2. The maximum Gasteiger partial charge on any atom is 0.308 e. The minimum atomic E-state index is -0.798. The van der Waals surface area contributed by atoms with E-state index >= 15 is 0 Å². The highest BCUT2D eigenvalue weighted by atomic mass is 32.1. The number of esters is 1. The van der Waals surface area contributed by atoms with Gasteiger partial charge < -0.3 is 19.5 Å². The molecule has 0 aliphatic carbocycles. The Morgan fingerprint density at radius 2 is 1.90 bits per heavy atom. The van der Waals surface area contributed by atoms with Crippen LogP contribution in [0.1, 0.15) is 38.9 Å². The third-order valence-electron chi connectivity index (χ3n) is 4.65. The standard InChI is InChI=1S/C21H22N2O6S/c1-11-20(30-12(2)22-11)18(25)16-17(23(9-10-28-4)21(27)19(16)26)14-5-7-15(8-6-14)29-13(3)24/h5-8,17,26H,9-10H2,1-4H3. The Morgan fingerprint density at radius 3 is 2.43 bits per heavy atom. The summed E-state index contributed by atoms with van der Waals surface area (Å²) >= 11 is 1.22. The van der Waals surface area contributed by atoms with Gasteiger partial charge in [-0.3, -0.25) is 14.4 Å². The Kier molecular flexibility index (Phi) is 6.33. The topological polar surface area (TPSA) is 106 Å². The summed E-state index contributed by atoms with van der Waals surface area (Å²) in [6, 6.07) is 5.68. The predicted molar refractivity (Wildman–Crippen MR) is 110 cm³/mol. The molecule has 0 fully saturated rings. The summed E-state index contributed by atoms with van der Waals surface area (Å²) in [6.07, 6.45) is 0. The molecule has 1 aliphatic rings. The lowest BCUT2D eigenvalue weighted by molar-refractivity contribution is -0.132. The number of ether oxygens (including phenoxy) is 2. The minimum Gasteiger partial charge on any atom is -0.503 e. The van der Waals surface area contributed by atoms with Crippen molar-refractivity contribution in [3.05, 3.63) is 56.7 Å². The second kappa shape index (κ2) is 8.76. The number of thiazole rings is 1. The average molecular weight is 430 g/mol. The van der Waals surface area contributed by atoms with E-state index < -0.39 is 29.5 Å². The van der Waals surface area contributed by atoms with E-state index in [9.17, 15) is 19.5 Å². The Morgan fingerprint density at radius 1 is 1.23 bits per heavy atom. The molecule has 1 aliphatic heterocycles. The van der Waals surface area contributed by atoms with Crippen LogP contribution in [0, 0.1) is 13.8 Å². The highest BCUT2D eigenvalue weighted by Gasteiger charge is 2.44. The molecule has 158 valence electrons. The molecule has 8 nitrogen and oxygen atoms in total. The zero-order valence-electron chi connectivity index (χ0n) is 17.1. The van der Waals surface area contributed by atoms with Crippen LogP contribution in [-0.2, 0) is 14.3 Å². The normalized spacial score (nSPS) is 16.3. The van der Waals surface area contributed by atoms with E-state index in [1.807, 2.05) is 0 Å². The second-order valence-corrected chi connectivity index (χ2v) is 8.00. The van der Waals surface area contributed by atoms with Crippen molar-refractivity contribution in [1.29, 1.82) is 0 Å². The number of hydrogen-bond donors (Lipinski definition) is 1. The minimum absolute atomic E-state index is 0.00286. The Labute approximate surface area is 177 Å². The number of carbonyl (C=O) groups excluding carboxylic acids is 3. The van der Waals surface area contributed by atoms with Crippen LogP contribution < -0.4 is 4.74 Å². The quantitative estimate of drug-likeness (QED) is 0.409. The number of Topliss-reactive ketones (excluding diaryl/α,β-unsaturated/α-hetero) is 1. The molecule has 1 N–H and O–H groups in total. The molecule has 9 heteroatoms. The molecule has 1 unspecified atom stereocenters. The largest absolute Gasteiger partial charge is 0.503 e. The lowest BCUT2D eigenvalue weighted by Gasteiger charge is -2.26. The monoisotopic (exact) mass is 430 g/mol. The molecule has 0 saturated carbocycles. The van der Waals surface area contributed by atoms with Gasteiger partial charge in [-0.15, -0.1) is 11.3 Å². The van der Waals surface area contributed by atoms with Crippen LogP contribution in [0.3, 0.4) is 0 Å². The molecule has 1 amide bonds. The number of amides is 1. The van der Waals surface area contributed by atoms with Crippen LogP contribution in [0.25, 0.3) is 0 Å². The van der Waals surface area contributed by atoms with Crippen LogP contribution in [0.2, 0.25) is 0 Å². The predicted octanol–water partition coefficient (Wildman–Crippen LogP) is 2.91. The highest BCUT2D eigenvalue weighted by Crippen LogP contribution is 2.40. The smallest absolute Gasteiger partial charge is 0.308 e. The zero-order valence-corrected chi connectivity index (χ0v) is 17.9. The molecule has 0 bridgehead atoms. The van der Waals surface area contributed by atoms with Crippen molar-refractivity contribution in [2.75, 3.05) is 20.3 Å².